The van der Waals surface area contributed by atoms with Gasteiger partial charge in [-0.2, -0.15) is 5.26 Å². The third kappa shape index (κ3) is 2.79. The average molecular weight is 204 g/mol. The van der Waals surface area contributed by atoms with E-state index in [1.54, 1.807) is 18.2 Å². The van der Waals surface area contributed by atoms with E-state index >= 15 is 0 Å². The van der Waals surface area contributed by atoms with Crippen molar-refractivity contribution in [3.8, 4) is 6.07 Å². The Hall–Kier alpha value is -1.86. The minimum atomic E-state index is -0.0495. The van der Waals surface area contributed by atoms with Crippen LogP contribution in [0.25, 0.3) is 0 Å². The molecule has 4 heteroatoms. The molecule has 0 saturated heterocycles. The standard InChI is InChI=1S/C11H12N2O2/c1-8(15)9-2-3-10(7-12)11(6-9)13-4-5-14/h2-3,6,13-14H,4-5H2,1H3. The maximum atomic E-state index is 11.1. The van der Waals surface area contributed by atoms with Crippen LogP contribution in [0.1, 0.15) is 22.8 Å². The second kappa shape index (κ2) is 5.13. The number of aliphatic hydroxyl groups excluding tert-OH is 1. The van der Waals surface area contributed by atoms with Gasteiger partial charge in [0.2, 0.25) is 0 Å². The fraction of sp³-hybridized carbons (Fsp3) is 0.273. The second-order valence-electron chi connectivity index (χ2n) is 3.08. The first-order chi connectivity index (χ1) is 7.19. The van der Waals surface area contributed by atoms with Crippen LogP contribution in [0.15, 0.2) is 18.2 Å². The minimum Gasteiger partial charge on any atom is -0.395 e. The van der Waals surface area contributed by atoms with E-state index < -0.39 is 0 Å². The van der Waals surface area contributed by atoms with E-state index in [-0.39, 0.29) is 12.4 Å². The van der Waals surface area contributed by atoms with E-state index in [1.807, 2.05) is 6.07 Å². The normalized spacial score (nSPS) is 9.40. The van der Waals surface area contributed by atoms with Crippen LogP contribution < -0.4 is 5.32 Å². The van der Waals surface area contributed by atoms with Crippen molar-refractivity contribution in [2.24, 2.45) is 0 Å². The first-order valence-electron chi connectivity index (χ1n) is 4.59. The predicted molar refractivity (Wildman–Crippen MR) is 56.7 cm³/mol. The molecule has 78 valence electrons. The molecule has 0 atom stereocenters. The summed E-state index contributed by atoms with van der Waals surface area (Å²) in [6.07, 6.45) is 0. The molecular formula is C11H12N2O2. The number of benzene rings is 1. The molecule has 4 nitrogen and oxygen atoms in total. The number of nitrogens with zero attached hydrogens (tertiary/aromatic N) is 1. The van der Waals surface area contributed by atoms with Gasteiger partial charge in [-0.05, 0) is 25.1 Å². The van der Waals surface area contributed by atoms with Gasteiger partial charge in [0, 0.05) is 12.1 Å². The summed E-state index contributed by atoms with van der Waals surface area (Å²) in [5, 5.41) is 20.4. The summed E-state index contributed by atoms with van der Waals surface area (Å²) in [5.41, 5.74) is 1.60. The molecule has 0 heterocycles. The molecule has 0 aliphatic rings. The Morgan fingerprint density at radius 1 is 1.60 bits per heavy atom. The van der Waals surface area contributed by atoms with Crippen LogP contribution >= 0.6 is 0 Å². The Bertz CT molecular complexity index is 408. The Balaban J connectivity index is 3.03. The van der Waals surface area contributed by atoms with Gasteiger partial charge in [-0.3, -0.25) is 4.79 Å². The van der Waals surface area contributed by atoms with Gasteiger partial charge in [0.25, 0.3) is 0 Å². The van der Waals surface area contributed by atoms with Crippen molar-refractivity contribution in [3.05, 3.63) is 29.3 Å². The Morgan fingerprint density at radius 3 is 2.87 bits per heavy atom. The van der Waals surface area contributed by atoms with Crippen molar-refractivity contribution in [1.82, 2.24) is 0 Å². The zero-order valence-electron chi connectivity index (χ0n) is 8.45. The van der Waals surface area contributed by atoms with Crippen LogP contribution in [-0.4, -0.2) is 24.0 Å². The van der Waals surface area contributed by atoms with Crippen LogP contribution in [0, 0.1) is 11.3 Å². The Morgan fingerprint density at radius 2 is 2.33 bits per heavy atom. The number of anilines is 1. The lowest BCUT2D eigenvalue weighted by molar-refractivity contribution is 0.101. The lowest BCUT2D eigenvalue weighted by Crippen LogP contribution is -2.07. The topological polar surface area (TPSA) is 73.1 Å². The number of rotatable bonds is 4. The van der Waals surface area contributed by atoms with Crippen molar-refractivity contribution < 1.29 is 9.90 Å². The first-order valence-corrected chi connectivity index (χ1v) is 4.59. The molecule has 0 spiro atoms. The number of hydrogen-bond acceptors (Lipinski definition) is 4. The van der Waals surface area contributed by atoms with Crippen LogP contribution in [0.3, 0.4) is 0 Å². The molecule has 1 aromatic carbocycles. The largest absolute Gasteiger partial charge is 0.395 e. The first kappa shape index (κ1) is 11.2. The van der Waals surface area contributed by atoms with Crippen LogP contribution in [0.2, 0.25) is 0 Å². The molecule has 1 rings (SSSR count). The molecule has 0 aliphatic carbocycles. The molecule has 0 saturated carbocycles. The highest BCUT2D eigenvalue weighted by atomic mass is 16.3. The van der Waals surface area contributed by atoms with Crippen molar-refractivity contribution in [2.75, 3.05) is 18.5 Å². The molecule has 0 aliphatic heterocycles. The number of aliphatic hydroxyl groups is 1. The number of nitrogens with one attached hydrogen (secondary N) is 1. The van der Waals surface area contributed by atoms with Gasteiger partial charge in [0.1, 0.15) is 6.07 Å². The van der Waals surface area contributed by atoms with Gasteiger partial charge in [-0.25, -0.2) is 0 Å². The third-order valence-electron chi connectivity index (χ3n) is 1.97. The number of Topliss-reactive ketones (excluding diaryl/α,β-unsaturated/α-hetero) is 1. The highest BCUT2D eigenvalue weighted by Gasteiger charge is 2.05. The molecule has 0 bridgehead atoms. The van der Waals surface area contributed by atoms with Crippen LogP contribution in [0.4, 0.5) is 5.69 Å². The number of ketones is 1. The zero-order valence-corrected chi connectivity index (χ0v) is 8.45. The zero-order chi connectivity index (χ0) is 11.3. The number of hydrogen-bond donors (Lipinski definition) is 2. The number of nitriles is 1. The molecular weight excluding hydrogens is 192 g/mol. The molecule has 0 aromatic heterocycles. The number of carbonyl (C=O) groups excluding carboxylic acids is 1. The van der Waals surface area contributed by atoms with E-state index in [4.69, 9.17) is 10.4 Å². The van der Waals surface area contributed by atoms with E-state index in [0.29, 0.717) is 23.4 Å². The summed E-state index contributed by atoms with van der Waals surface area (Å²) in [7, 11) is 0. The average Bonchev–Trinajstić information content (AvgIpc) is 2.25. The molecule has 0 amide bonds. The van der Waals surface area contributed by atoms with Gasteiger partial charge in [-0.15, -0.1) is 0 Å². The summed E-state index contributed by atoms with van der Waals surface area (Å²) in [6.45, 7) is 1.81. The quantitative estimate of drug-likeness (QED) is 0.722. The van der Waals surface area contributed by atoms with Crippen LogP contribution in [-0.2, 0) is 0 Å². The molecule has 2 N–H and O–H groups in total. The van der Waals surface area contributed by atoms with Gasteiger partial charge in [0.15, 0.2) is 5.78 Å². The highest BCUT2D eigenvalue weighted by Crippen LogP contribution is 2.17. The van der Waals surface area contributed by atoms with Crippen molar-refractivity contribution >= 4 is 11.5 Å². The minimum absolute atomic E-state index is 0.0187. The predicted octanol–water partition coefficient (Wildman–Crippen LogP) is 1.17. The fourth-order valence-electron chi connectivity index (χ4n) is 1.20. The smallest absolute Gasteiger partial charge is 0.159 e. The summed E-state index contributed by atoms with van der Waals surface area (Å²) < 4.78 is 0. The Kier molecular flexibility index (Phi) is 3.83. The van der Waals surface area contributed by atoms with E-state index in [2.05, 4.69) is 5.32 Å². The maximum Gasteiger partial charge on any atom is 0.159 e. The lowest BCUT2D eigenvalue weighted by atomic mass is 10.1. The monoisotopic (exact) mass is 204 g/mol. The molecule has 15 heavy (non-hydrogen) atoms. The third-order valence-corrected chi connectivity index (χ3v) is 1.97. The lowest BCUT2D eigenvalue weighted by Gasteiger charge is -2.07. The van der Waals surface area contributed by atoms with Gasteiger partial charge >= 0.3 is 0 Å². The van der Waals surface area contributed by atoms with Crippen LogP contribution in [0.5, 0.6) is 0 Å². The van der Waals surface area contributed by atoms with Gasteiger partial charge < -0.3 is 10.4 Å². The molecule has 0 radical (unpaired) electrons. The summed E-state index contributed by atoms with van der Waals surface area (Å²) in [5.74, 6) is -0.0495. The summed E-state index contributed by atoms with van der Waals surface area (Å²) in [6, 6.07) is 6.85. The van der Waals surface area contributed by atoms with Gasteiger partial charge in [-0.1, -0.05) is 0 Å². The van der Waals surface area contributed by atoms with E-state index in [9.17, 15) is 4.79 Å². The molecule has 0 fully saturated rings. The Labute approximate surface area is 88.2 Å². The maximum absolute atomic E-state index is 11.1. The molecule has 0 unspecified atom stereocenters. The fourth-order valence-corrected chi connectivity index (χ4v) is 1.20. The van der Waals surface area contributed by atoms with Crippen molar-refractivity contribution in [1.29, 1.82) is 5.26 Å². The van der Waals surface area contributed by atoms with E-state index in [1.165, 1.54) is 6.92 Å². The highest BCUT2D eigenvalue weighted by molar-refractivity contribution is 5.95. The summed E-state index contributed by atoms with van der Waals surface area (Å²) in [4.78, 5) is 11.1. The van der Waals surface area contributed by atoms with E-state index in [0.717, 1.165) is 0 Å². The van der Waals surface area contributed by atoms with Crippen molar-refractivity contribution in [3.63, 3.8) is 0 Å². The second-order valence-corrected chi connectivity index (χ2v) is 3.08. The molecule has 1 aromatic rings. The SMILES string of the molecule is CC(=O)c1ccc(C#N)c(NCCO)c1. The summed E-state index contributed by atoms with van der Waals surface area (Å²) >= 11 is 0. The van der Waals surface area contributed by atoms with Gasteiger partial charge in [0.05, 0.1) is 17.9 Å². The number of carbonyl (C=O) groups is 1. The van der Waals surface area contributed by atoms with Crippen molar-refractivity contribution in [2.45, 2.75) is 6.92 Å².